The number of anilines is 1. The average Bonchev–Trinajstić information content (AvgIpc) is 2.91. The van der Waals surface area contributed by atoms with Crippen molar-refractivity contribution in [2.24, 2.45) is 5.92 Å². The molecule has 178 valence electrons. The van der Waals surface area contributed by atoms with Gasteiger partial charge >= 0.3 is 0 Å². The van der Waals surface area contributed by atoms with E-state index >= 15 is 0 Å². The molecule has 2 aliphatic rings. The SMILES string of the molecule is O=C(c1ccc(-c2cc(NCCCC3CCCNC3)c3ccccc3n2)cc1)N1CCCCC1. The summed E-state index contributed by atoms with van der Waals surface area (Å²) in [4.78, 5) is 19.7. The zero-order chi connectivity index (χ0) is 23.2. The molecule has 2 aliphatic heterocycles. The van der Waals surface area contributed by atoms with Crippen molar-refractivity contribution in [3.8, 4) is 11.3 Å². The van der Waals surface area contributed by atoms with Gasteiger partial charge in [-0.25, -0.2) is 4.98 Å². The summed E-state index contributed by atoms with van der Waals surface area (Å²) in [5, 5.41) is 8.36. The Morgan fingerprint density at radius 1 is 1.03 bits per heavy atom. The van der Waals surface area contributed by atoms with Crippen molar-refractivity contribution in [2.45, 2.75) is 44.9 Å². The predicted octanol–water partition coefficient (Wildman–Crippen LogP) is 5.72. The highest BCUT2D eigenvalue weighted by Gasteiger charge is 2.18. The lowest BCUT2D eigenvalue weighted by atomic mass is 9.95. The number of nitrogens with one attached hydrogen (secondary N) is 2. The molecule has 5 nitrogen and oxygen atoms in total. The molecule has 34 heavy (non-hydrogen) atoms. The molecule has 2 N–H and O–H groups in total. The first kappa shape index (κ1) is 22.9. The van der Waals surface area contributed by atoms with Gasteiger partial charge in [0.2, 0.25) is 0 Å². The minimum atomic E-state index is 0.147. The van der Waals surface area contributed by atoms with E-state index in [1.54, 1.807) is 0 Å². The molecule has 2 fully saturated rings. The zero-order valence-electron chi connectivity index (χ0n) is 20.1. The maximum Gasteiger partial charge on any atom is 0.253 e. The van der Waals surface area contributed by atoms with Crippen molar-refractivity contribution in [1.82, 2.24) is 15.2 Å². The van der Waals surface area contributed by atoms with Crippen molar-refractivity contribution in [1.29, 1.82) is 0 Å². The number of hydrogen-bond acceptors (Lipinski definition) is 4. The van der Waals surface area contributed by atoms with Gasteiger partial charge in [-0.3, -0.25) is 4.79 Å². The molecule has 0 bridgehead atoms. The van der Waals surface area contributed by atoms with Gasteiger partial charge in [-0.2, -0.15) is 0 Å². The lowest BCUT2D eigenvalue weighted by molar-refractivity contribution is 0.0724. The van der Waals surface area contributed by atoms with Gasteiger partial charge in [-0.1, -0.05) is 30.3 Å². The summed E-state index contributed by atoms with van der Waals surface area (Å²) in [6, 6.07) is 18.5. The fourth-order valence-electron chi connectivity index (χ4n) is 5.32. The second-order valence-corrected chi connectivity index (χ2v) is 9.78. The molecule has 3 aromatic rings. The number of hydrogen-bond donors (Lipinski definition) is 2. The summed E-state index contributed by atoms with van der Waals surface area (Å²) in [7, 11) is 0. The summed E-state index contributed by atoms with van der Waals surface area (Å²) in [5.74, 6) is 0.958. The van der Waals surface area contributed by atoms with Crippen LogP contribution < -0.4 is 10.6 Å². The number of para-hydroxylation sites is 1. The molecule has 1 amide bonds. The van der Waals surface area contributed by atoms with Crippen molar-refractivity contribution in [2.75, 3.05) is 38.0 Å². The summed E-state index contributed by atoms with van der Waals surface area (Å²) < 4.78 is 0. The second kappa shape index (κ2) is 11.0. The Hall–Kier alpha value is -2.92. The molecular formula is C29H36N4O. The van der Waals surface area contributed by atoms with E-state index in [0.717, 1.165) is 71.8 Å². The van der Waals surface area contributed by atoms with Gasteiger partial charge in [0.15, 0.2) is 0 Å². The number of fused-ring (bicyclic) bond motifs is 1. The van der Waals surface area contributed by atoms with Crippen LogP contribution in [0.1, 0.15) is 55.3 Å². The zero-order valence-corrected chi connectivity index (χ0v) is 20.1. The summed E-state index contributed by atoms with van der Waals surface area (Å²) in [6.45, 7) is 5.05. The number of carbonyl (C=O) groups excluding carboxylic acids is 1. The van der Waals surface area contributed by atoms with Crippen molar-refractivity contribution < 1.29 is 4.79 Å². The highest BCUT2D eigenvalue weighted by atomic mass is 16.2. The highest BCUT2D eigenvalue weighted by Crippen LogP contribution is 2.29. The Morgan fingerprint density at radius 2 is 1.85 bits per heavy atom. The number of nitrogens with zero attached hydrogens (tertiary/aromatic N) is 2. The van der Waals surface area contributed by atoms with Crippen LogP contribution in [0.4, 0.5) is 5.69 Å². The summed E-state index contributed by atoms with van der Waals surface area (Å²) in [5.41, 5.74) is 4.87. The fraction of sp³-hybridized carbons (Fsp3) is 0.448. The second-order valence-electron chi connectivity index (χ2n) is 9.78. The van der Waals surface area contributed by atoms with E-state index in [-0.39, 0.29) is 5.91 Å². The maximum absolute atomic E-state index is 12.8. The Morgan fingerprint density at radius 3 is 2.65 bits per heavy atom. The van der Waals surface area contributed by atoms with E-state index in [2.05, 4.69) is 34.9 Å². The minimum absolute atomic E-state index is 0.147. The van der Waals surface area contributed by atoms with E-state index in [9.17, 15) is 4.79 Å². The third kappa shape index (κ3) is 5.41. The van der Waals surface area contributed by atoms with Crippen LogP contribution in [0.2, 0.25) is 0 Å². The van der Waals surface area contributed by atoms with Gasteiger partial charge in [0.25, 0.3) is 5.91 Å². The van der Waals surface area contributed by atoms with Crippen LogP contribution in [0.25, 0.3) is 22.2 Å². The fourth-order valence-corrected chi connectivity index (χ4v) is 5.32. The molecule has 0 spiro atoms. The topological polar surface area (TPSA) is 57.3 Å². The third-order valence-corrected chi connectivity index (χ3v) is 7.29. The first-order chi connectivity index (χ1) is 16.8. The summed E-state index contributed by atoms with van der Waals surface area (Å²) >= 11 is 0. The lowest BCUT2D eigenvalue weighted by Gasteiger charge is -2.26. The van der Waals surface area contributed by atoms with Gasteiger partial charge in [-0.15, -0.1) is 0 Å². The van der Waals surface area contributed by atoms with E-state index in [4.69, 9.17) is 4.98 Å². The monoisotopic (exact) mass is 456 g/mol. The van der Waals surface area contributed by atoms with Gasteiger partial charge in [0.05, 0.1) is 11.2 Å². The Labute approximate surface area is 203 Å². The van der Waals surface area contributed by atoms with Gasteiger partial charge < -0.3 is 15.5 Å². The molecule has 3 heterocycles. The van der Waals surface area contributed by atoms with E-state index in [1.165, 1.54) is 45.2 Å². The van der Waals surface area contributed by atoms with Crippen LogP contribution in [0.15, 0.2) is 54.6 Å². The van der Waals surface area contributed by atoms with Crippen LogP contribution >= 0.6 is 0 Å². The third-order valence-electron chi connectivity index (χ3n) is 7.29. The molecule has 1 aromatic heterocycles. The number of benzene rings is 2. The summed E-state index contributed by atoms with van der Waals surface area (Å²) in [6.07, 6.45) is 8.54. The first-order valence-corrected chi connectivity index (χ1v) is 13.0. The molecule has 1 unspecified atom stereocenters. The molecule has 5 rings (SSSR count). The average molecular weight is 457 g/mol. The molecule has 1 atom stereocenters. The number of amides is 1. The van der Waals surface area contributed by atoms with E-state index < -0.39 is 0 Å². The smallest absolute Gasteiger partial charge is 0.253 e. The van der Waals surface area contributed by atoms with Crippen LogP contribution in [0, 0.1) is 5.92 Å². The van der Waals surface area contributed by atoms with E-state index in [0.29, 0.717) is 0 Å². The number of pyridine rings is 1. The number of rotatable bonds is 7. The largest absolute Gasteiger partial charge is 0.384 e. The molecule has 5 heteroatoms. The van der Waals surface area contributed by atoms with Crippen LogP contribution in [-0.4, -0.2) is 48.5 Å². The van der Waals surface area contributed by atoms with Gasteiger partial charge in [0, 0.05) is 41.8 Å². The van der Waals surface area contributed by atoms with Crippen molar-refractivity contribution in [3.05, 3.63) is 60.2 Å². The number of piperidine rings is 2. The molecule has 0 radical (unpaired) electrons. The normalized spacial score (nSPS) is 18.7. The molecule has 2 aromatic carbocycles. The van der Waals surface area contributed by atoms with Gasteiger partial charge in [-0.05, 0) is 88.2 Å². The highest BCUT2D eigenvalue weighted by molar-refractivity contribution is 5.96. The first-order valence-electron chi connectivity index (χ1n) is 13.0. The standard InChI is InChI=1S/C29H36N4O/c34-29(33-18-4-1-5-19-33)24-14-12-23(13-15-24)27-20-28(25-10-2-3-11-26(25)32-27)31-17-7-9-22-8-6-16-30-21-22/h2-3,10-15,20,22,30H,1,4-9,16-19,21H2,(H,31,32). The van der Waals surface area contributed by atoms with Gasteiger partial charge in [0.1, 0.15) is 0 Å². The van der Waals surface area contributed by atoms with Crippen LogP contribution in [0.5, 0.6) is 0 Å². The molecule has 2 saturated heterocycles. The number of likely N-dealkylation sites (tertiary alicyclic amines) is 1. The molecular weight excluding hydrogens is 420 g/mol. The minimum Gasteiger partial charge on any atom is -0.384 e. The predicted molar refractivity (Wildman–Crippen MR) is 140 cm³/mol. The molecule has 0 saturated carbocycles. The van der Waals surface area contributed by atoms with E-state index in [1.807, 2.05) is 35.2 Å². The number of aromatic nitrogens is 1. The van der Waals surface area contributed by atoms with Crippen molar-refractivity contribution in [3.63, 3.8) is 0 Å². The van der Waals surface area contributed by atoms with Crippen molar-refractivity contribution >= 4 is 22.5 Å². The van der Waals surface area contributed by atoms with Crippen LogP contribution in [-0.2, 0) is 0 Å². The maximum atomic E-state index is 12.8. The van der Waals surface area contributed by atoms with Crippen LogP contribution in [0.3, 0.4) is 0 Å². The Kier molecular flexibility index (Phi) is 7.40. The number of carbonyl (C=O) groups is 1. The quantitative estimate of drug-likeness (QED) is 0.447. The Balaban J connectivity index is 1.30. The Bertz CT molecular complexity index is 1100. The lowest BCUT2D eigenvalue weighted by Crippen LogP contribution is -2.35. The molecule has 0 aliphatic carbocycles.